The number of halogens is 2. The third-order valence-corrected chi connectivity index (χ3v) is 3.22. The average Bonchev–Trinajstić information content (AvgIpc) is 2.34. The summed E-state index contributed by atoms with van der Waals surface area (Å²) in [4.78, 5) is 4.32. The zero-order chi connectivity index (χ0) is 14.0. The Labute approximate surface area is 111 Å². The van der Waals surface area contributed by atoms with Crippen LogP contribution in [0, 0.1) is 18.6 Å². The molecule has 0 bridgehead atoms. The highest BCUT2D eigenvalue weighted by Gasteiger charge is 2.15. The fourth-order valence-electron chi connectivity index (χ4n) is 2.35. The van der Waals surface area contributed by atoms with E-state index in [1.165, 1.54) is 6.07 Å². The van der Waals surface area contributed by atoms with Gasteiger partial charge in [0, 0.05) is 24.4 Å². The molecule has 102 valence electrons. The Kier molecular flexibility index (Phi) is 3.98. The molecule has 0 unspecified atom stereocenters. The summed E-state index contributed by atoms with van der Waals surface area (Å²) in [5.41, 5.74) is 2.93. The van der Waals surface area contributed by atoms with Crippen LogP contribution in [-0.4, -0.2) is 11.5 Å². The number of rotatable bonds is 4. The summed E-state index contributed by atoms with van der Waals surface area (Å²) in [6.07, 6.45) is 1.70. The van der Waals surface area contributed by atoms with E-state index in [0.29, 0.717) is 10.9 Å². The maximum Gasteiger partial charge on any atom is 0.137 e. The Morgan fingerprint density at radius 1 is 1.21 bits per heavy atom. The smallest absolute Gasteiger partial charge is 0.137 e. The standard InChI is InChI=1S/C15H18F2N2/c1-4-6-18-15-11(5-2)9(3)19-13-8-10(16)7-12(17)14(13)15/h7-8H,4-6H2,1-3H3,(H,18,19). The molecule has 0 amide bonds. The minimum Gasteiger partial charge on any atom is -0.384 e. The van der Waals surface area contributed by atoms with Gasteiger partial charge in [0.2, 0.25) is 0 Å². The van der Waals surface area contributed by atoms with Crippen LogP contribution in [0.5, 0.6) is 0 Å². The summed E-state index contributed by atoms with van der Waals surface area (Å²) >= 11 is 0. The summed E-state index contributed by atoms with van der Waals surface area (Å²) in [6, 6.07) is 2.19. The van der Waals surface area contributed by atoms with Crippen LogP contribution in [0.1, 0.15) is 31.5 Å². The van der Waals surface area contributed by atoms with Crippen molar-refractivity contribution in [2.45, 2.75) is 33.6 Å². The van der Waals surface area contributed by atoms with Gasteiger partial charge in [-0.1, -0.05) is 13.8 Å². The highest BCUT2D eigenvalue weighted by atomic mass is 19.1. The van der Waals surface area contributed by atoms with Crippen LogP contribution in [0.4, 0.5) is 14.5 Å². The number of pyridine rings is 1. The molecule has 0 aliphatic carbocycles. The molecule has 4 heteroatoms. The van der Waals surface area contributed by atoms with E-state index in [1.54, 1.807) is 0 Å². The van der Waals surface area contributed by atoms with Crippen LogP contribution < -0.4 is 5.32 Å². The zero-order valence-electron chi connectivity index (χ0n) is 11.5. The molecule has 0 fully saturated rings. The fraction of sp³-hybridized carbons (Fsp3) is 0.400. The van der Waals surface area contributed by atoms with E-state index in [9.17, 15) is 8.78 Å². The summed E-state index contributed by atoms with van der Waals surface area (Å²) in [6.45, 7) is 6.68. The van der Waals surface area contributed by atoms with Crippen molar-refractivity contribution < 1.29 is 8.78 Å². The molecular weight excluding hydrogens is 246 g/mol. The minimum atomic E-state index is -0.595. The predicted octanol–water partition coefficient (Wildman–Crippen LogP) is 4.21. The van der Waals surface area contributed by atoms with Gasteiger partial charge >= 0.3 is 0 Å². The second-order valence-electron chi connectivity index (χ2n) is 4.61. The van der Waals surface area contributed by atoms with Gasteiger partial charge in [-0.3, -0.25) is 4.98 Å². The van der Waals surface area contributed by atoms with Crippen molar-refractivity contribution in [3.05, 3.63) is 35.0 Å². The maximum absolute atomic E-state index is 14.1. The van der Waals surface area contributed by atoms with Gasteiger partial charge in [-0.15, -0.1) is 0 Å². The monoisotopic (exact) mass is 264 g/mol. The molecule has 1 aromatic carbocycles. The van der Waals surface area contributed by atoms with Crippen molar-refractivity contribution in [2.24, 2.45) is 0 Å². The van der Waals surface area contributed by atoms with E-state index in [0.717, 1.165) is 42.4 Å². The van der Waals surface area contributed by atoms with Crippen LogP contribution in [0.25, 0.3) is 10.9 Å². The Bertz CT molecular complexity index is 609. The number of nitrogens with one attached hydrogen (secondary N) is 1. The van der Waals surface area contributed by atoms with Crippen LogP contribution >= 0.6 is 0 Å². The second kappa shape index (κ2) is 5.51. The van der Waals surface area contributed by atoms with E-state index in [1.807, 2.05) is 20.8 Å². The molecule has 1 N–H and O–H groups in total. The highest BCUT2D eigenvalue weighted by molar-refractivity contribution is 5.94. The molecule has 2 nitrogen and oxygen atoms in total. The summed E-state index contributed by atoms with van der Waals surface area (Å²) in [5.74, 6) is -1.15. The van der Waals surface area contributed by atoms with Gasteiger partial charge in [0.1, 0.15) is 11.6 Å². The molecule has 2 aromatic rings. The molecule has 1 heterocycles. The first-order chi connectivity index (χ1) is 9.08. The Morgan fingerprint density at radius 2 is 1.95 bits per heavy atom. The summed E-state index contributed by atoms with van der Waals surface area (Å²) in [5, 5.41) is 3.64. The van der Waals surface area contributed by atoms with Crippen LogP contribution in [0.2, 0.25) is 0 Å². The number of aryl methyl sites for hydroxylation is 1. The number of anilines is 1. The minimum absolute atomic E-state index is 0.366. The first kappa shape index (κ1) is 13.7. The van der Waals surface area contributed by atoms with Gasteiger partial charge in [0.25, 0.3) is 0 Å². The van der Waals surface area contributed by atoms with Gasteiger partial charge in [-0.25, -0.2) is 8.78 Å². The normalized spacial score (nSPS) is 11.0. The molecule has 0 atom stereocenters. The number of hydrogen-bond donors (Lipinski definition) is 1. The topological polar surface area (TPSA) is 24.9 Å². The molecule has 1 aromatic heterocycles. The van der Waals surface area contributed by atoms with Crippen molar-refractivity contribution >= 4 is 16.6 Å². The first-order valence-corrected chi connectivity index (χ1v) is 6.60. The van der Waals surface area contributed by atoms with Crippen molar-refractivity contribution in [3.63, 3.8) is 0 Å². The predicted molar refractivity (Wildman–Crippen MR) is 74.6 cm³/mol. The van der Waals surface area contributed by atoms with Gasteiger partial charge in [0.15, 0.2) is 0 Å². The summed E-state index contributed by atoms with van der Waals surface area (Å²) < 4.78 is 27.4. The number of benzene rings is 1. The van der Waals surface area contributed by atoms with Crippen molar-refractivity contribution in [3.8, 4) is 0 Å². The molecule has 0 saturated carbocycles. The second-order valence-corrected chi connectivity index (χ2v) is 4.61. The van der Waals surface area contributed by atoms with Crippen molar-refractivity contribution in [1.29, 1.82) is 0 Å². The number of aromatic nitrogens is 1. The average molecular weight is 264 g/mol. The molecule has 0 aliphatic heterocycles. The van der Waals surface area contributed by atoms with Crippen LogP contribution in [0.3, 0.4) is 0 Å². The fourth-order valence-corrected chi connectivity index (χ4v) is 2.35. The number of nitrogens with zero attached hydrogens (tertiary/aromatic N) is 1. The van der Waals surface area contributed by atoms with Gasteiger partial charge in [0.05, 0.1) is 16.6 Å². The number of hydrogen-bond acceptors (Lipinski definition) is 2. The third kappa shape index (κ3) is 2.53. The lowest BCUT2D eigenvalue weighted by Crippen LogP contribution is -2.07. The quantitative estimate of drug-likeness (QED) is 0.895. The van der Waals surface area contributed by atoms with E-state index in [4.69, 9.17) is 0 Å². The van der Waals surface area contributed by atoms with Gasteiger partial charge in [-0.2, -0.15) is 0 Å². The first-order valence-electron chi connectivity index (χ1n) is 6.60. The lowest BCUT2D eigenvalue weighted by Gasteiger charge is -2.16. The summed E-state index contributed by atoms with van der Waals surface area (Å²) in [7, 11) is 0. The zero-order valence-corrected chi connectivity index (χ0v) is 11.5. The van der Waals surface area contributed by atoms with Crippen molar-refractivity contribution in [2.75, 3.05) is 11.9 Å². The SMILES string of the molecule is CCCNc1c(CC)c(C)nc2cc(F)cc(F)c12. The Morgan fingerprint density at radius 3 is 2.58 bits per heavy atom. The van der Waals surface area contributed by atoms with E-state index >= 15 is 0 Å². The van der Waals surface area contributed by atoms with Crippen molar-refractivity contribution in [1.82, 2.24) is 4.98 Å². The molecule has 0 spiro atoms. The maximum atomic E-state index is 14.1. The van der Waals surface area contributed by atoms with Crippen LogP contribution in [0.15, 0.2) is 12.1 Å². The molecule has 0 aliphatic rings. The van der Waals surface area contributed by atoms with E-state index in [2.05, 4.69) is 10.3 Å². The highest BCUT2D eigenvalue weighted by Crippen LogP contribution is 2.31. The molecule has 0 radical (unpaired) electrons. The third-order valence-electron chi connectivity index (χ3n) is 3.22. The lowest BCUT2D eigenvalue weighted by atomic mass is 10.0. The molecular formula is C15H18F2N2. The van der Waals surface area contributed by atoms with E-state index < -0.39 is 11.6 Å². The largest absolute Gasteiger partial charge is 0.384 e. The molecule has 2 rings (SSSR count). The Balaban J connectivity index is 2.77. The van der Waals surface area contributed by atoms with E-state index in [-0.39, 0.29) is 0 Å². The van der Waals surface area contributed by atoms with Gasteiger partial charge < -0.3 is 5.32 Å². The Hall–Kier alpha value is -1.71. The van der Waals surface area contributed by atoms with Crippen LogP contribution in [-0.2, 0) is 6.42 Å². The molecule has 0 saturated heterocycles. The lowest BCUT2D eigenvalue weighted by molar-refractivity contribution is 0.591. The molecule has 19 heavy (non-hydrogen) atoms. The number of fused-ring (bicyclic) bond motifs is 1. The van der Waals surface area contributed by atoms with Gasteiger partial charge in [-0.05, 0) is 25.3 Å².